The molecule has 1 aromatic carbocycles. The number of benzene rings is 1. The van der Waals surface area contributed by atoms with E-state index in [9.17, 15) is 4.79 Å². The van der Waals surface area contributed by atoms with Crippen LogP contribution in [0.25, 0.3) is 0 Å². The van der Waals surface area contributed by atoms with E-state index in [4.69, 9.17) is 10.5 Å². The summed E-state index contributed by atoms with van der Waals surface area (Å²) >= 11 is 0. The third-order valence-electron chi connectivity index (χ3n) is 3.12. The van der Waals surface area contributed by atoms with E-state index in [1.54, 1.807) is 18.2 Å². The average molecular weight is 302 g/mol. The molecule has 1 aromatic rings. The molecule has 0 aliphatic carbocycles. The van der Waals surface area contributed by atoms with Gasteiger partial charge in [0, 0.05) is 31.6 Å². The van der Waals surface area contributed by atoms with Crippen LogP contribution in [0, 0.1) is 0 Å². The molecule has 2 N–H and O–H groups in total. The smallest absolute Gasteiger partial charge is 0.164 e. The number of ether oxygens (including phenoxy) is 1. The van der Waals surface area contributed by atoms with E-state index in [0.29, 0.717) is 30.0 Å². The Morgan fingerprint density at radius 1 is 1.32 bits per heavy atom. The molecule has 22 heavy (non-hydrogen) atoms. The Balaban J connectivity index is 2.67. The van der Waals surface area contributed by atoms with Crippen molar-refractivity contribution in [2.45, 2.75) is 26.4 Å². The fourth-order valence-electron chi connectivity index (χ4n) is 2.11. The molecule has 4 nitrogen and oxygen atoms in total. The number of nitrogens with zero attached hydrogens (tertiary/aromatic N) is 1. The number of hydrogen-bond donors (Lipinski definition) is 1. The highest BCUT2D eigenvalue weighted by atomic mass is 16.5. The summed E-state index contributed by atoms with van der Waals surface area (Å²) in [5, 5.41) is 0. The van der Waals surface area contributed by atoms with Crippen LogP contribution in [-0.2, 0) is 0 Å². The first-order chi connectivity index (χ1) is 10.5. The number of carbonyl (C=O) groups is 1. The molecule has 0 saturated carbocycles. The SMILES string of the molecule is C=CCN(CC=C)CCC(=O)c1ccc(OC(C)C)c(N)c1. The Morgan fingerprint density at radius 3 is 2.45 bits per heavy atom. The molecule has 0 amide bonds. The van der Waals surface area contributed by atoms with Gasteiger partial charge in [-0.15, -0.1) is 13.2 Å². The summed E-state index contributed by atoms with van der Waals surface area (Å²) in [6, 6.07) is 5.21. The van der Waals surface area contributed by atoms with Crippen molar-refractivity contribution in [3.05, 3.63) is 49.1 Å². The number of hydrogen-bond acceptors (Lipinski definition) is 4. The van der Waals surface area contributed by atoms with Crippen molar-refractivity contribution in [2.24, 2.45) is 0 Å². The van der Waals surface area contributed by atoms with Gasteiger partial charge in [0.25, 0.3) is 0 Å². The van der Waals surface area contributed by atoms with Crippen LogP contribution in [0.5, 0.6) is 5.75 Å². The number of Topliss-reactive ketones (excluding diaryl/α,β-unsaturated/α-hetero) is 1. The molecule has 1 rings (SSSR count). The topological polar surface area (TPSA) is 55.6 Å². The van der Waals surface area contributed by atoms with E-state index in [1.807, 2.05) is 26.0 Å². The van der Waals surface area contributed by atoms with Gasteiger partial charge in [0.2, 0.25) is 0 Å². The number of anilines is 1. The van der Waals surface area contributed by atoms with Crippen LogP contribution in [-0.4, -0.2) is 36.4 Å². The van der Waals surface area contributed by atoms with Crippen LogP contribution in [0.3, 0.4) is 0 Å². The van der Waals surface area contributed by atoms with E-state index in [0.717, 1.165) is 13.1 Å². The number of ketones is 1. The second-order valence-corrected chi connectivity index (χ2v) is 5.43. The molecule has 0 heterocycles. The van der Waals surface area contributed by atoms with Crippen LogP contribution in [0.2, 0.25) is 0 Å². The predicted molar refractivity (Wildman–Crippen MR) is 92.4 cm³/mol. The molecular formula is C18H26N2O2. The lowest BCUT2D eigenvalue weighted by atomic mass is 10.1. The minimum absolute atomic E-state index is 0.0511. The van der Waals surface area contributed by atoms with Crippen molar-refractivity contribution in [3.63, 3.8) is 0 Å². The Bertz CT molecular complexity index is 514. The first kappa shape index (κ1) is 18.0. The molecule has 0 aromatic heterocycles. The maximum atomic E-state index is 12.3. The van der Waals surface area contributed by atoms with Crippen molar-refractivity contribution in [2.75, 3.05) is 25.4 Å². The summed E-state index contributed by atoms with van der Waals surface area (Å²) in [5.41, 5.74) is 7.06. The van der Waals surface area contributed by atoms with Gasteiger partial charge in [-0.3, -0.25) is 9.69 Å². The monoisotopic (exact) mass is 302 g/mol. The standard InChI is InChI=1S/C18H26N2O2/c1-5-10-20(11-6-2)12-9-17(21)15-7-8-18(16(19)13-15)22-14(3)4/h5-8,13-14H,1-2,9-12,19H2,3-4H3. The van der Waals surface area contributed by atoms with Gasteiger partial charge >= 0.3 is 0 Å². The second kappa shape index (κ2) is 9.05. The van der Waals surface area contributed by atoms with Crippen molar-refractivity contribution in [3.8, 4) is 5.75 Å². The Hall–Kier alpha value is -2.07. The van der Waals surface area contributed by atoms with Crippen LogP contribution in [0.15, 0.2) is 43.5 Å². The maximum Gasteiger partial charge on any atom is 0.164 e. The molecule has 0 radical (unpaired) electrons. The Labute approximate surface area is 133 Å². The van der Waals surface area contributed by atoms with Crippen molar-refractivity contribution in [1.29, 1.82) is 0 Å². The minimum Gasteiger partial charge on any atom is -0.489 e. The molecule has 0 bridgehead atoms. The van der Waals surface area contributed by atoms with Crippen molar-refractivity contribution in [1.82, 2.24) is 4.90 Å². The molecule has 0 aliphatic rings. The van der Waals surface area contributed by atoms with E-state index in [-0.39, 0.29) is 11.9 Å². The van der Waals surface area contributed by atoms with Gasteiger partial charge < -0.3 is 10.5 Å². The molecule has 0 aliphatic heterocycles. The zero-order valence-corrected chi connectivity index (χ0v) is 13.5. The van der Waals surface area contributed by atoms with E-state index in [1.165, 1.54) is 0 Å². The maximum absolute atomic E-state index is 12.3. The fourth-order valence-corrected chi connectivity index (χ4v) is 2.11. The molecular weight excluding hydrogens is 276 g/mol. The zero-order valence-electron chi connectivity index (χ0n) is 13.5. The minimum atomic E-state index is 0.0511. The lowest BCUT2D eigenvalue weighted by Crippen LogP contribution is -2.26. The lowest BCUT2D eigenvalue weighted by molar-refractivity contribution is 0.0968. The van der Waals surface area contributed by atoms with Crippen molar-refractivity contribution >= 4 is 11.5 Å². The summed E-state index contributed by atoms with van der Waals surface area (Å²) in [4.78, 5) is 14.4. The second-order valence-electron chi connectivity index (χ2n) is 5.43. The molecule has 4 heteroatoms. The summed E-state index contributed by atoms with van der Waals surface area (Å²) in [6.07, 6.45) is 4.13. The largest absolute Gasteiger partial charge is 0.489 e. The van der Waals surface area contributed by atoms with Gasteiger partial charge in [0.1, 0.15) is 5.75 Å². The van der Waals surface area contributed by atoms with E-state index < -0.39 is 0 Å². The predicted octanol–water partition coefficient (Wildman–Crippen LogP) is 3.30. The molecule has 0 fully saturated rings. The summed E-state index contributed by atoms with van der Waals surface area (Å²) in [7, 11) is 0. The molecule has 0 saturated heterocycles. The number of rotatable bonds is 10. The normalized spacial score (nSPS) is 10.7. The van der Waals surface area contributed by atoms with Gasteiger partial charge in [-0.2, -0.15) is 0 Å². The summed E-state index contributed by atoms with van der Waals surface area (Å²) in [6.45, 7) is 13.5. The Kier molecular flexibility index (Phi) is 7.40. The van der Waals surface area contributed by atoms with Gasteiger partial charge in [0.05, 0.1) is 11.8 Å². The third-order valence-corrected chi connectivity index (χ3v) is 3.12. The molecule has 0 unspecified atom stereocenters. The van der Waals surface area contributed by atoms with Gasteiger partial charge in [0.15, 0.2) is 5.78 Å². The third kappa shape index (κ3) is 5.74. The van der Waals surface area contributed by atoms with E-state index >= 15 is 0 Å². The molecule has 120 valence electrons. The number of carbonyl (C=O) groups excluding carboxylic acids is 1. The van der Waals surface area contributed by atoms with Crippen LogP contribution in [0.4, 0.5) is 5.69 Å². The summed E-state index contributed by atoms with van der Waals surface area (Å²) < 4.78 is 5.58. The fraction of sp³-hybridized carbons (Fsp3) is 0.389. The quantitative estimate of drug-likeness (QED) is 0.409. The molecule has 0 atom stereocenters. The number of nitrogens with two attached hydrogens (primary N) is 1. The van der Waals surface area contributed by atoms with Crippen LogP contribution in [0.1, 0.15) is 30.6 Å². The average Bonchev–Trinajstić information content (AvgIpc) is 2.46. The highest BCUT2D eigenvalue weighted by Gasteiger charge is 2.11. The first-order valence-electron chi connectivity index (χ1n) is 7.51. The van der Waals surface area contributed by atoms with Gasteiger partial charge in [-0.25, -0.2) is 0 Å². The highest BCUT2D eigenvalue weighted by Crippen LogP contribution is 2.24. The highest BCUT2D eigenvalue weighted by molar-refractivity contribution is 5.97. The van der Waals surface area contributed by atoms with Gasteiger partial charge in [-0.05, 0) is 32.0 Å². The van der Waals surface area contributed by atoms with Gasteiger partial charge in [-0.1, -0.05) is 12.2 Å². The van der Waals surface area contributed by atoms with Crippen LogP contribution < -0.4 is 10.5 Å². The van der Waals surface area contributed by atoms with Crippen LogP contribution >= 0.6 is 0 Å². The lowest BCUT2D eigenvalue weighted by Gasteiger charge is -2.18. The Morgan fingerprint density at radius 2 is 1.95 bits per heavy atom. The molecule has 0 spiro atoms. The summed E-state index contributed by atoms with van der Waals surface area (Å²) in [5.74, 6) is 0.687. The first-order valence-corrected chi connectivity index (χ1v) is 7.51. The zero-order chi connectivity index (χ0) is 16.5. The van der Waals surface area contributed by atoms with E-state index in [2.05, 4.69) is 18.1 Å². The van der Waals surface area contributed by atoms with Crippen molar-refractivity contribution < 1.29 is 9.53 Å². The number of nitrogen functional groups attached to an aromatic ring is 1.